The van der Waals surface area contributed by atoms with Gasteiger partial charge in [0.25, 0.3) is 0 Å². The van der Waals surface area contributed by atoms with E-state index >= 15 is 0 Å². The first-order chi connectivity index (χ1) is 8.96. The van der Waals surface area contributed by atoms with Gasteiger partial charge in [0.1, 0.15) is 5.54 Å². The molecule has 0 amide bonds. The molecular weight excluding hydrogens is 240 g/mol. The Morgan fingerprint density at radius 2 is 2.16 bits per heavy atom. The van der Waals surface area contributed by atoms with Gasteiger partial charge in [0.2, 0.25) is 0 Å². The van der Waals surface area contributed by atoms with E-state index in [4.69, 9.17) is 10.00 Å². The van der Waals surface area contributed by atoms with Crippen LogP contribution in [-0.2, 0) is 9.53 Å². The number of anilines is 1. The SMILES string of the molecule is CCOC(=O)C(C)(CC)Nc1ccc(C#N)cc1C. The number of aryl methyl sites for hydroxylation is 1. The molecule has 0 aliphatic rings. The Hall–Kier alpha value is -2.02. The Morgan fingerprint density at radius 1 is 1.47 bits per heavy atom. The molecule has 0 fully saturated rings. The van der Waals surface area contributed by atoms with E-state index in [1.54, 1.807) is 19.1 Å². The lowest BCUT2D eigenvalue weighted by molar-refractivity contribution is -0.148. The molecule has 1 unspecified atom stereocenters. The van der Waals surface area contributed by atoms with Crippen LogP contribution in [0.3, 0.4) is 0 Å². The fourth-order valence-corrected chi connectivity index (χ4v) is 1.74. The quantitative estimate of drug-likeness (QED) is 0.827. The minimum absolute atomic E-state index is 0.263. The Bertz CT molecular complexity index is 505. The van der Waals surface area contributed by atoms with Crippen molar-refractivity contribution in [2.45, 2.75) is 39.7 Å². The number of rotatable bonds is 5. The first-order valence-electron chi connectivity index (χ1n) is 6.43. The lowest BCUT2D eigenvalue weighted by Gasteiger charge is -2.29. The van der Waals surface area contributed by atoms with Crippen molar-refractivity contribution in [3.8, 4) is 6.07 Å². The molecule has 4 nitrogen and oxygen atoms in total. The van der Waals surface area contributed by atoms with Crippen molar-refractivity contribution < 1.29 is 9.53 Å². The predicted molar refractivity (Wildman–Crippen MR) is 74.8 cm³/mol. The maximum absolute atomic E-state index is 12.0. The van der Waals surface area contributed by atoms with E-state index in [9.17, 15) is 4.79 Å². The van der Waals surface area contributed by atoms with Crippen molar-refractivity contribution in [1.29, 1.82) is 5.26 Å². The third kappa shape index (κ3) is 3.47. The van der Waals surface area contributed by atoms with Crippen LogP contribution in [-0.4, -0.2) is 18.1 Å². The molecular formula is C15H20N2O2. The highest BCUT2D eigenvalue weighted by molar-refractivity contribution is 5.84. The summed E-state index contributed by atoms with van der Waals surface area (Å²) in [6.45, 7) is 7.82. The molecule has 1 aromatic rings. The van der Waals surface area contributed by atoms with Gasteiger partial charge in [-0.2, -0.15) is 5.26 Å². The molecule has 1 aromatic carbocycles. The van der Waals surface area contributed by atoms with E-state index in [0.717, 1.165) is 11.3 Å². The van der Waals surface area contributed by atoms with Gasteiger partial charge in [0, 0.05) is 5.69 Å². The fourth-order valence-electron chi connectivity index (χ4n) is 1.74. The lowest BCUT2D eigenvalue weighted by atomic mass is 9.97. The number of nitrogens with zero attached hydrogens (tertiary/aromatic N) is 1. The summed E-state index contributed by atoms with van der Waals surface area (Å²) in [5.74, 6) is -0.263. The summed E-state index contributed by atoms with van der Waals surface area (Å²) in [6, 6.07) is 7.44. The minimum Gasteiger partial charge on any atom is -0.464 e. The predicted octanol–water partition coefficient (Wildman–Crippen LogP) is 3.01. The van der Waals surface area contributed by atoms with Crippen LogP contribution in [0.1, 0.15) is 38.3 Å². The summed E-state index contributed by atoms with van der Waals surface area (Å²) in [4.78, 5) is 12.0. The summed E-state index contributed by atoms with van der Waals surface area (Å²) in [5.41, 5.74) is 1.63. The van der Waals surface area contributed by atoms with Crippen LogP contribution in [0.5, 0.6) is 0 Å². The Balaban J connectivity index is 2.99. The molecule has 1 rings (SSSR count). The Morgan fingerprint density at radius 3 is 2.63 bits per heavy atom. The van der Waals surface area contributed by atoms with Gasteiger partial charge in [-0.25, -0.2) is 4.79 Å². The lowest BCUT2D eigenvalue weighted by Crippen LogP contribution is -2.44. The maximum atomic E-state index is 12.0. The van der Waals surface area contributed by atoms with Gasteiger partial charge in [-0.15, -0.1) is 0 Å². The standard InChI is InChI=1S/C15H20N2O2/c1-5-15(4,14(18)19-6-2)17-13-8-7-12(10-16)9-11(13)3/h7-9,17H,5-6H2,1-4H3. The van der Waals surface area contributed by atoms with Gasteiger partial charge in [0.05, 0.1) is 18.2 Å². The monoisotopic (exact) mass is 260 g/mol. The van der Waals surface area contributed by atoms with E-state index in [0.29, 0.717) is 18.6 Å². The summed E-state index contributed by atoms with van der Waals surface area (Å²) >= 11 is 0. The normalized spacial score (nSPS) is 13.2. The molecule has 0 aliphatic heterocycles. The molecule has 0 heterocycles. The Kier molecular flexibility index (Phi) is 4.94. The average molecular weight is 260 g/mol. The van der Waals surface area contributed by atoms with E-state index in [-0.39, 0.29) is 5.97 Å². The van der Waals surface area contributed by atoms with Crippen LogP contribution in [0, 0.1) is 18.3 Å². The topological polar surface area (TPSA) is 62.1 Å². The number of ether oxygens (including phenoxy) is 1. The van der Waals surface area contributed by atoms with Crippen molar-refractivity contribution in [3.63, 3.8) is 0 Å². The molecule has 19 heavy (non-hydrogen) atoms. The fraction of sp³-hybridized carbons (Fsp3) is 0.467. The van der Waals surface area contributed by atoms with Crippen LogP contribution < -0.4 is 5.32 Å². The van der Waals surface area contributed by atoms with E-state index < -0.39 is 5.54 Å². The highest BCUT2D eigenvalue weighted by atomic mass is 16.5. The molecule has 102 valence electrons. The second kappa shape index (κ2) is 6.24. The second-order valence-electron chi connectivity index (χ2n) is 4.67. The highest BCUT2D eigenvalue weighted by Crippen LogP contribution is 2.23. The third-order valence-electron chi connectivity index (χ3n) is 3.20. The maximum Gasteiger partial charge on any atom is 0.331 e. The summed E-state index contributed by atoms with van der Waals surface area (Å²) in [7, 11) is 0. The van der Waals surface area contributed by atoms with Gasteiger partial charge >= 0.3 is 5.97 Å². The number of carbonyl (C=O) groups is 1. The average Bonchev–Trinajstić information content (AvgIpc) is 2.41. The van der Waals surface area contributed by atoms with Gasteiger partial charge in [-0.05, 0) is 51.0 Å². The van der Waals surface area contributed by atoms with Crippen LogP contribution in [0.15, 0.2) is 18.2 Å². The smallest absolute Gasteiger partial charge is 0.331 e. The van der Waals surface area contributed by atoms with Gasteiger partial charge < -0.3 is 10.1 Å². The van der Waals surface area contributed by atoms with Gasteiger partial charge in [-0.3, -0.25) is 0 Å². The number of esters is 1. The van der Waals surface area contributed by atoms with E-state index in [2.05, 4.69) is 11.4 Å². The van der Waals surface area contributed by atoms with Gasteiger partial charge in [0.15, 0.2) is 0 Å². The molecule has 4 heteroatoms. The summed E-state index contributed by atoms with van der Waals surface area (Å²) in [6.07, 6.45) is 0.616. The number of carbonyl (C=O) groups excluding carboxylic acids is 1. The second-order valence-corrected chi connectivity index (χ2v) is 4.67. The van der Waals surface area contributed by atoms with Crippen LogP contribution in [0.25, 0.3) is 0 Å². The zero-order valence-corrected chi connectivity index (χ0v) is 11.9. The molecule has 0 saturated heterocycles. The van der Waals surface area contributed by atoms with Crippen LogP contribution in [0.2, 0.25) is 0 Å². The van der Waals surface area contributed by atoms with Crippen molar-refractivity contribution >= 4 is 11.7 Å². The van der Waals surface area contributed by atoms with Crippen molar-refractivity contribution in [1.82, 2.24) is 0 Å². The molecule has 0 aromatic heterocycles. The first-order valence-corrected chi connectivity index (χ1v) is 6.43. The Labute approximate surface area is 114 Å². The molecule has 0 aliphatic carbocycles. The number of hydrogen-bond acceptors (Lipinski definition) is 4. The number of nitriles is 1. The number of benzene rings is 1. The van der Waals surface area contributed by atoms with E-state index in [1.807, 2.05) is 26.8 Å². The van der Waals surface area contributed by atoms with Crippen LogP contribution >= 0.6 is 0 Å². The van der Waals surface area contributed by atoms with Crippen molar-refractivity contribution in [2.24, 2.45) is 0 Å². The van der Waals surface area contributed by atoms with Crippen LogP contribution in [0.4, 0.5) is 5.69 Å². The molecule has 0 spiro atoms. The van der Waals surface area contributed by atoms with Crippen molar-refractivity contribution in [2.75, 3.05) is 11.9 Å². The third-order valence-corrected chi connectivity index (χ3v) is 3.20. The molecule has 1 atom stereocenters. The van der Waals surface area contributed by atoms with Crippen molar-refractivity contribution in [3.05, 3.63) is 29.3 Å². The zero-order valence-electron chi connectivity index (χ0n) is 11.9. The molecule has 1 N–H and O–H groups in total. The van der Waals surface area contributed by atoms with Gasteiger partial charge in [-0.1, -0.05) is 6.92 Å². The zero-order chi connectivity index (χ0) is 14.5. The minimum atomic E-state index is -0.755. The largest absolute Gasteiger partial charge is 0.464 e. The highest BCUT2D eigenvalue weighted by Gasteiger charge is 2.33. The summed E-state index contributed by atoms with van der Waals surface area (Å²) in [5, 5.41) is 12.1. The van der Waals surface area contributed by atoms with E-state index in [1.165, 1.54) is 0 Å². The first kappa shape index (κ1) is 15.0. The molecule has 0 saturated carbocycles. The number of hydrogen-bond donors (Lipinski definition) is 1. The molecule has 0 radical (unpaired) electrons. The summed E-state index contributed by atoms with van der Waals surface area (Å²) < 4.78 is 5.10. The number of nitrogens with one attached hydrogen (secondary N) is 1. The molecule has 0 bridgehead atoms.